The SMILES string of the molecule is CC/C=C/C/C=C/C/C=C/C/C=C/C/C=C/C/C=C/CCC(=O)NCCOC(=O)NCCCCCCOP(=O)(O)OC. The Morgan fingerprint density at radius 1 is 0.690 bits per heavy atom. The van der Waals surface area contributed by atoms with Crippen molar-refractivity contribution in [3.63, 3.8) is 0 Å². The van der Waals surface area contributed by atoms with E-state index in [1.165, 1.54) is 0 Å². The van der Waals surface area contributed by atoms with Crippen LogP contribution in [0.3, 0.4) is 0 Å². The fourth-order valence-corrected chi connectivity index (χ4v) is 3.80. The van der Waals surface area contributed by atoms with Gasteiger partial charge in [-0.15, -0.1) is 0 Å². The molecular weight excluding hydrogens is 555 g/mol. The Hall–Kier alpha value is -2.71. The lowest BCUT2D eigenvalue weighted by molar-refractivity contribution is -0.121. The van der Waals surface area contributed by atoms with Gasteiger partial charge in [-0.05, 0) is 57.8 Å². The summed E-state index contributed by atoms with van der Waals surface area (Å²) in [6.45, 7) is 3.13. The number of phosphoric acid groups is 1. The molecule has 0 aliphatic rings. The van der Waals surface area contributed by atoms with Crippen LogP contribution in [0.5, 0.6) is 0 Å². The van der Waals surface area contributed by atoms with Crippen LogP contribution in [0.2, 0.25) is 0 Å². The lowest BCUT2D eigenvalue weighted by atomic mass is 10.2. The number of carbonyl (C=O) groups excluding carboxylic acids is 2. The normalized spacial score (nSPS) is 13.8. The predicted octanol–water partition coefficient (Wildman–Crippen LogP) is 7.63. The van der Waals surface area contributed by atoms with Crippen molar-refractivity contribution in [2.45, 2.75) is 84.0 Å². The van der Waals surface area contributed by atoms with E-state index in [0.717, 1.165) is 64.9 Å². The highest BCUT2D eigenvalue weighted by molar-refractivity contribution is 7.47. The average Bonchev–Trinajstić information content (AvgIpc) is 2.97. The van der Waals surface area contributed by atoms with E-state index in [9.17, 15) is 14.2 Å². The second-order valence-corrected chi connectivity index (χ2v) is 10.8. The van der Waals surface area contributed by atoms with Crippen LogP contribution < -0.4 is 10.6 Å². The molecule has 0 radical (unpaired) electrons. The number of nitrogens with one attached hydrogen (secondary N) is 2. The number of rotatable bonds is 26. The molecule has 0 aromatic heterocycles. The third-order valence-corrected chi connectivity index (χ3v) is 6.59. The van der Waals surface area contributed by atoms with Gasteiger partial charge in [0.2, 0.25) is 5.91 Å². The van der Waals surface area contributed by atoms with Crippen molar-refractivity contribution < 1.29 is 32.8 Å². The van der Waals surface area contributed by atoms with Crippen molar-refractivity contribution in [1.82, 2.24) is 10.6 Å². The van der Waals surface area contributed by atoms with Gasteiger partial charge in [0.05, 0.1) is 13.2 Å². The van der Waals surface area contributed by atoms with Crippen LogP contribution in [-0.2, 0) is 23.1 Å². The largest absolute Gasteiger partial charge is 0.471 e. The minimum atomic E-state index is -3.90. The summed E-state index contributed by atoms with van der Waals surface area (Å²) in [7, 11) is -2.78. The molecule has 1 atom stereocenters. The molecule has 1 unspecified atom stereocenters. The Morgan fingerprint density at radius 2 is 1.21 bits per heavy atom. The number of hydrogen-bond donors (Lipinski definition) is 3. The molecule has 0 aromatic rings. The molecule has 2 amide bonds. The van der Waals surface area contributed by atoms with Gasteiger partial charge in [-0.25, -0.2) is 9.36 Å². The van der Waals surface area contributed by atoms with E-state index < -0.39 is 13.9 Å². The summed E-state index contributed by atoms with van der Waals surface area (Å²) in [6, 6.07) is 0. The first-order valence-corrected chi connectivity index (χ1v) is 16.5. The van der Waals surface area contributed by atoms with Gasteiger partial charge < -0.3 is 20.3 Å². The molecule has 0 saturated carbocycles. The van der Waals surface area contributed by atoms with Crippen LogP contribution >= 0.6 is 7.82 Å². The number of phosphoric ester groups is 1. The van der Waals surface area contributed by atoms with Crippen molar-refractivity contribution in [2.75, 3.05) is 33.4 Å². The van der Waals surface area contributed by atoms with Crippen molar-refractivity contribution >= 4 is 19.8 Å². The smallest absolute Gasteiger partial charge is 0.448 e. The Kier molecular flexibility index (Phi) is 27.9. The van der Waals surface area contributed by atoms with E-state index >= 15 is 0 Å². The van der Waals surface area contributed by atoms with E-state index in [-0.39, 0.29) is 25.7 Å². The molecule has 42 heavy (non-hydrogen) atoms. The van der Waals surface area contributed by atoms with Gasteiger partial charge in [0.25, 0.3) is 0 Å². The predicted molar refractivity (Wildman–Crippen MR) is 171 cm³/mol. The average molecular weight is 609 g/mol. The monoisotopic (exact) mass is 608 g/mol. The fourth-order valence-electron chi connectivity index (χ4n) is 3.33. The number of alkyl carbamates (subject to hydrolysis) is 1. The lowest BCUT2D eigenvalue weighted by Gasteiger charge is -2.09. The molecule has 0 heterocycles. The lowest BCUT2D eigenvalue weighted by Crippen LogP contribution is -2.31. The molecule has 0 fully saturated rings. The number of allylic oxidation sites excluding steroid dienone is 12. The van der Waals surface area contributed by atoms with E-state index in [0.29, 0.717) is 25.8 Å². The highest BCUT2D eigenvalue weighted by Crippen LogP contribution is 2.41. The molecule has 0 spiro atoms. The van der Waals surface area contributed by atoms with Gasteiger partial charge in [0, 0.05) is 20.1 Å². The van der Waals surface area contributed by atoms with Gasteiger partial charge in [-0.1, -0.05) is 92.7 Å². The highest BCUT2D eigenvalue weighted by Gasteiger charge is 2.17. The van der Waals surface area contributed by atoms with Crippen LogP contribution in [0.1, 0.15) is 84.0 Å². The quantitative estimate of drug-likeness (QED) is 0.0524. The summed E-state index contributed by atoms with van der Waals surface area (Å²) < 4.78 is 25.2. The van der Waals surface area contributed by atoms with Crippen LogP contribution in [-0.4, -0.2) is 50.3 Å². The number of unbranched alkanes of at least 4 members (excludes halogenated alkanes) is 3. The topological polar surface area (TPSA) is 123 Å². The number of carbonyl (C=O) groups is 2. The standard InChI is InChI=1S/C32H53N2O7P/c1-3-4-5-6-7-8-9-10-11-12-13-14-15-16-17-18-19-20-23-26-31(35)33-28-30-40-32(36)34-27-24-21-22-25-29-41-42(37,38)39-2/h4-5,7-8,10-11,13-14,16-17,19-20H,3,6,9,12,15,18,21-30H2,1-2H3,(H,33,35)(H,34,36)(H,37,38)/b5-4+,8-7+,11-10+,14-13+,17-16+,20-19+. The summed E-state index contributed by atoms with van der Waals surface area (Å²) >= 11 is 0. The van der Waals surface area contributed by atoms with Gasteiger partial charge >= 0.3 is 13.9 Å². The number of amides is 2. The molecule has 0 aliphatic carbocycles. The first kappa shape index (κ1) is 39.3. The molecule has 0 saturated heterocycles. The summed E-state index contributed by atoms with van der Waals surface area (Å²) in [6.07, 6.45) is 35.1. The second kappa shape index (κ2) is 29.8. The van der Waals surface area contributed by atoms with Crippen molar-refractivity contribution in [3.05, 3.63) is 72.9 Å². The van der Waals surface area contributed by atoms with Crippen molar-refractivity contribution in [2.24, 2.45) is 0 Å². The first-order chi connectivity index (χ1) is 20.4. The minimum absolute atomic E-state index is 0.0782. The van der Waals surface area contributed by atoms with Gasteiger partial charge in [-0.2, -0.15) is 0 Å². The molecule has 0 bridgehead atoms. The van der Waals surface area contributed by atoms with Gasteiger partial charge in [-0.3, -0.25) is 13.8 Å². The molecule has 0 aromatic carbocycles. The maximum Gasteiger partial charge on any atom is 0.471 e. The maximum atomic E-state index is 11.9. The van der Waals surface area contributed by atoms with E-state index in [1.54, 1.807) is 0 Å². The highest BCUT2D eigenvalue weighted by atomic mass is 31.2. The molecule has 0 rings (SSSR count). The zero-order chi connectivity index (χ0) is 31.0. The molecule has 3 N–H and O–H groups in total. The molecule has 0 aliphatic heterocycles. The molecule has 9 nitrogen and oxygen atoms in total. The zero-order valence-corrected chi connectivity index (χ0v) is 26.5. The first-order valence-electron chi connectivity index (χ1n) is 15.0. The Morgan fingerprint density at radius 3 is 1.76 bits per heavy atom. The number of hydrogen-bond acceptors (Lipinski definition) is 6. The molecule has 10 heteroatoms. The zero-order valence-electron chi connectivity index (χ0n) is 25.6. The fraction of sp³-hybridized carbons (Fsp3) is 0.562. The summed E-state index contributed by atoms with van der Waals surface area (Å²) in [5.41, 5.74) is 0. The van der Waals surface area contributed by atoms with E-state index in [2.05, 4.69) is 88.9 Å². The third-order valence-electron chi connectivity index (χ3n) is 5.62. The van der Waals surface area contributed by atoms with Crippen molar-refractivity contribution in [3.8, 4) is 0 Å². The Balaban J connectivity index is 3.58. The summed E-state index contributed by atoms with van der Waals surface area (Å²) in [4.78, 5) is 32.6. The van der Waals surface area contributed by atoms with Crippen molar-refractivity contribution in [1.29, 1.82) is 0 Å². The van der Waals surface area contributed by atoms with Crippen LogP contribution in [0.4, 0.5) is 4.79 Å². The summed E-state index contributed by atoms with van der Waals surface area (Å²) in [5, 5.41) is 5.39. The van der Waals surface area contributed by atoms with Crippen LogP contribution in [0.25, 0.3) is 0 Å². The van der Waals surface area contributed by atoms with Gasteiger partial charge in [0.1, 0.15) is 6.61 Å². The van der Waals surface area contributed by atoms with Gasteiger partial charge in [0.15, 0.2) is 0 Å². The van der Waals surface area contributed by atoms with E-state index in [4.69, 9.17) is 14.2 Å². The van der Waals surface area contributed by atoms with Crippen LogP contribution in [0, 0.1) is 0 Å². The van der Waals surface area contributed by atoms with E-state index in [1.807, 2.05) is 6.08 Å². The molecule has 238 valence electrons. The minimum Gasteiger partial charge on any atom is -0.448 e. The Bertz CT molecular complexity index is 911. The molecular formula is C32H53N2O7P. The Labute approximate surface area is 253 Å². The van der Waals surface area contributed by atoms with Crippen LogP contribution in [0.15, 0.2) is 72.9 Å². The maximum absolute atomic E-state index is 11.9. The second-order valence-electron chi connectivity index (χ2n) is 9.27. The number of ether oxygens (including phenoxy) is 1. The third kappa shape index (κ3) is 30.3. The summed E-state index contributed by atoms with van der Waals surface area (Å²) in [5.74, 6) is -0.0782.